The van der Waals surface area contributed by atoms with Gasteiger partial charge < -0.3 is 26.8 Å². The third-order valence-electron chi connectivity index (χ3n) is 2.72. The van der Waals surface area contributed by atoms with Crippen LogP contribution in [0.1, 0.15) is 6.42 Å². The fraction of sp³-hybridized carbons (Fsp3) is 0.250. The fourth-order valence-corrected chi connectivity index (χ4v) is 1.94. The van der Waals surface area contributed by atoms with Crippen molar-refractivity contribution >= 4 is 40.7 Å². The molecule has 9 heteroatoms. The molecule has 1 aliphatic rings. The maximum absolute atomic E-state index is 11.8. The molecule has 112 valence electrons. The van der Waals surface area contributed by atoms with Crippen LogP contribution >= 0.6 is 11.6 Å². The molecule has 0 bridgehead atoms. The van der Waals surface area contributed by atoms with Crippen molar-refractivity contribution in [2.24, 2.45) is 11.5 Å². The summed E-state index contributed by atoms with van der Waals surface area (Å²) >= 11 is 6.01. The van der Waals surface area contributed by atoms with Gasteiger partial charge in [0, 0.05) is 6.07 Å². The van der Waals surface area contributed by atoms with Gasteiger partial charge in [0.15, 0.2) is 6.61 Å². The van der Waals surface area contributed by atoms with Gasteiger partial charge in [-0.1, -0.05) is 11.6 Å². The van der Waals surface area contributed by atoms with Crippen LogP contribution in [0.15, 0.2) is 12.1 Å². The molecule has 0 saturated heterocycles. The lowest BCUT2D eigenvalue weighted by atomic mass is 10.2. The lowest BCUT2D eigenvalue weighted by molar-refractivity contribution is -0.123. The lowest BCUT2D eigenvalue weighted by Gasteiger charge is -2.20. The van der Waals surface area contributed by atoms with E-state index < -0.39 is 17.9 Å². The van der Waals surface area contributed by atoms with Gasteiger partial charge in [-0.15, -0.1) is 0 Å². The van der Waals surface area contributed by atoms with E-state index >= 15 is 0 Å². The topological polar surface area (TPSA) is 137 Å². The fourth-order valence-electron chi connectivity index (χ4n) is 1.73. The summed E-state index contributed by atoms with van der Waals surface area (Å²) in [7, 11) is 0. The summed E-state index contributed by atoms with van der Waals surface area (Å²) in [6.45, 7) is -0.122. The highest BCUT2D eigenvalue weighted by atomic mass is 35.5. The predicted octanol–water partition coefficient (Wildman–Crippen LogP) is -0.188. The zero-order valence-corrected chi connectivity index (χ0v) is 11.6. The van der Waals surface area contributed by atoms with E-state index in [1.807, 2.05) is 0 Å². The molecule has 1 aromatic rings. The van der Waals surface area contributed by atoms with Gasteiger partial charge in [0.1, 0.15) is 5.75 Å². The van der Waals surface area contributed by atoms with Crippen molar-refractivity contribution in [1.82, 2.24) is 0 Å². The number of nitrogens with one attached hydrogen (secondary N) is 2. The molecule has 0 aromatic heterocycles. The highest BCUT2D eigenvalue weighted by molar-refractivity contribution is 6.34. The molecule has 0 radical (unpaired) electrons. The van der Waals surface area contributed by atoms with Crippen LogP contribution in [0.3, 0.4) is 0 Å². The number of hydrogen-bond donors (Lipinski definition) is 4. The average molecular weight is 313 g/mol. The lowest BCUT2D eigenvalue weighted by Crippen LogP contribution is -2.39. The van der Waals surface area contributed by atoms with Crippen molar-refractivity contribution in [2.45, 2.75) is 12.5 Å². The van der Waals surface area contributed by atoms with Gasteiger partial charge in [-0.3, -0.25) is 14.4 Å². The second kappa shape index (κ2) is 5.98. The monoisotopic (exact) mass is 312 g/mol. The van der Waals surface area contributed by atoms with E-state index in [-0.39, 0.29) is 29.6 Å². The molecule has 21 heavy (non-hydrogen) atoms. The van der Waals surface area contributed by atoms with Gasteiger partial charge in [0.05, 0.1) is 28.9 Å². The number of carbonyl (C=O) groups excluding carboxylic acids is 3. The minimum absolute atomic E-state index is 0.122. The highest BCUT2D eigenvalue weighted by Gasteiger charge is 2.21. The smallest absolute Gasteiger partial charge is 0.262 e. The third-order valence-corrected chi connectivity index (χ3v) is 3.03. The Morgan fingerprint density at radius 2 is 2.19 bits per heavy atom. The van der Waals surface area contributed by atoms with Crippen LogP contribution in [-0.4, -0.2) is 30.4 Å². The van der Waals surface area contributed by atoms with Crippen LogP contribution in [0, 0.1) is 0 Å². The first-order chi connectivity index (χ1) is 9.86. The van der Waals surface area contributed by atoms with Crippen LogP contribution in [0.2, 0.25) is 5.02 Å². The minimum atomic E-state index is -1.07. The van der Waals surface area contributed by atoms with E-state index in [4.69, 9.17) is 27.8 Å². The standard InChI is InChI=1S/C12H13ClN4O4/c13-5-1-8-9(21-4-11(19)16-8)3-7(5)17-12(20)6(14)2-10(15)18/h1,3,6H,2,4,14H2,(H2,15,18)(H,16,19)(H,17,20). The maximum atomic E-state index is 11.8. The molecule has 0 saturated carbocycles. The molecular formula is C12H13ClN4O4. The number of halogens is 1. The quantitative estimate of drug-likeness (QED) is 0.611. The van der Waals surface area contributed by atoms with Crippen molar-refractivity contribution < 1.29 is 19.1 Å². The van der Waals surface area contributed by atoms with E-state index in [1.165, 1.54) is 12.1 Å². The summed E-state index contributed by atoms with van der Waals surface area (Å²) in [6.07, 6.45) is -0.277. The van der Waals surface area contributed by atoms with Gasteiger partial charge in [0.25, 0.3) is 5.91 Å². The molecule has 3 amide bonds. The van der Waals surface area contributed by atoms with Crippen molar-refractivity contribution in [3.8, 4) is 5.75 Å². The number of ether oxygens (including phenoxy) is 1. The SMILES string of the molecule is NC(=O)CC(N)C(=O)Nc1cc2c(cc1Cl)NC(=O)CO2. The molecule has 1 aliphatic heterocycles. The largest absolute Gasteiger partial charge is 0.482 e. The zero-order chi connectivity index (χ0) is 15.6. The Bertz CT molecular complexity index is 620. The van der Waals surface area contributed by atoms with E-state index in [0.29, 0.717) is 11.4 Å². The molecule has 8 nitrogen and oxygen atoms in total. The number of hydrogen-bond acceptors (Lipinski definition) is 5. The highest BCUT2D eigenvalue weighted by Crippen LogP contribution is 2.36. The normalized spacial score (nSPS) is 14.5. The Balaban J connectivity index is 2.16. The number of fused-ring (bicyclic) bond motifs is 1. The summed E-state index contributed by atoms with van der Waals surface area (Å²) in [6, 6.07) is 1.84. The molecule has 0 fully saturated rings. The van der Waals surface area contributed by atoms with Gasteiger partial charge in [0.2, 0.25) is 11.8 Å². The Labute approximate surface area is 124 Å². The van der Waals surface area contributed by atoms with Crippen molar-refractivity contribution in [1.29, 1.82) is 0 Å². The number of anilines is 2. The predicted molar refractivity (Wildman–Crippen MR) is 76.0 cm³/mol. The Kier molecular flexibility index (Phi) is 4.29. The summed E-state index contributed by atoms with van der Waals surface area (Å²) in [5.74, 6) is -1.20. The first-order valence-corrected chi connectivity index (χ1v) is 6.35. The summed E-state index contributed by atoms with van der Waals surface area (Å²) in [5, 5.41) is 5.26. The number of rotatable bonds is 4. The number of benzene rings is 1. The third kappa shape index (κ3) is 3.61. The maximum Gasteiger partial charge on any atom is 0.262 e. The van der Waals surface area contributed by atoms with E-state index in [0.717, 1.165) is 0 Å². The molecular weight excluding hydrogens is 300 g/mol. The molecule has 0 spiro atoms. The molecule has 0 aliphatic carbocycles. The van der Waals surface area contributed by atoms with Gasteiger partial charge in [-0.05, 0) is 6.07 Å². The van der Waals surface area contributed by atoms with E-state index in [2.05, 4.69) is 10.6 Å². The number of amides is 3. The average Bonchev–Trinajstić information content (AvgIpc) is 2.39. The van der Waals surface area contributed by atoms with Crippen molar-refractivity contribution in [3.05, 3.63) is 17.2 Å². The zero-order valence-electron chi connectivity index (χ0n) is 10.8. The van der Waals surface area contributed by atoms with E-state index in [1.54, 1.807) is 0 Å². The molecule has 1 heterocycles. The Morgan fingerprint density at radius 1 is 1.48 bits per heavy atom. The molecule has 2 rings (SSSR count). The van der Waals surface area contributed by atoms with Crippen LogP contribution in [0.25, 0.3) is 0 Å². The number of carbonyl (C=O) groups is 3. The van der Waals surface area contributed by atoms with Crippen LogP contribution in [0.4, 0.5) is 11.4 Å². The first-order valence-electron chi connectivity index (χ1n) is 5.97. The first kappa shape index (κ1) is 15.1. The van der Waals surface area contributed by atoms with Crippen molar-refractivity contribution in [2.75, 3.05) is 17.2 Å². The van der Waals surface area contributed by atoms with Crippen molar-refractivity contribution in [3.63, 3.8) is 0 Å². The summed E-state index contributed by atoms with van der Waals surface area (Å²) in [4.78, 5) is 33.7. The number of primary amides is 1. The summed E-state index contributed by atoms with van der Waals surface area (Å²) < 4.78 is 5.21. The molecule has 1 atom stereocenters. The van der Waals surface area contributed by atoms with E-state index in [9.17, 15) is 14.4 Å². The minimum Gasteiger partial charge on any atom is -0.482 e. The van der Waals surface area contributed by atoms with Crippen LogP contribution < -0.4 is 26.8 Å². The van der Waals surface area contributed by atoms with Crippen LogP contribution in [0.5, 0.6) is 5.75 Å². The molecule has 6 N–H and O–H groups in total. The molecule has 1 aromatic carbocycles. The van der Waals surface area contributed by atoms with Gasteiger partial charge in [-0.25, -0.2) is 0 Å². The molecule has 1 unspecified atom stereocenters. The summed E-state index contributed by atoms with van der Waals surface area (Å²) in [5.41, 5.74) is 11.2. The number of nitrogens with two attached hydrogens (primary N) is 2. The second-order valence-electron chi connectivity index (χ2n) is 4.43. The second-order valence-corrected chi connectivity index (χ2v) is 4.84. The Morgan fingerprint density at radius 3 is 2.86 bits per heavy atom. The van der Waals surface area contributed by atoms with Gasteiger partial charge in [-0.2, -0.15) is 0 Å². The van der Waals surface area contributed by atoms with Crippen LogP contribution in [-0.2, 0) is 14.4 Å². The van der Waals surface area contributed by atoms with Gasteiger partial charge >= 0.3 is 0 Å². The Hall–Kier alpha value is -2.32.